The fourth-order valence-electron chi connectivity index (χ4n) is 1.54. The highest BCUT2D eigenvalue weighted by Gasteiger charge is 2.02. The second-order valence-corrected chi connectivity index (χ2v) is 4.94. The molecule has 0 aromatic heterocycles. The lowest BCUT2D eigenvalue weighted by molar-refractivity contribution is 0.312. The van der Waals surface area contributed by atoms with Gasteiger partial charge in [0.15, 0.2) is 0 Å². The first-order valence-electron chi connectivity index (χ1n) is 6.33. The van der Waals surface area contributed by atoms with Gasteiger partial charge in [-0.2, -0.15) is 0 Å². The van der Waals surface area contributed by atoms with Crippen LogP contribution in [0.1, 0.15) is 31.7 Å². The maximum absolute atomic E-state index is 5.67. The lowest BCUT2D eigenvalue weighted by Crippen LogP contribution is -2.14. The summed E-state index contributed by atoms with van der Waals surface area (Å²) in [5.41, 5.74) is 1.22. The summed E-state index contributed by atoms with van der Waals surface area (Å²) in [7, 11) is 0. The molecule has 1 aromatic rings. The minimum absolute atomic E-state index is 0.674. The summed E-state index contributed by atoms with van der Waals surface area (Å²) in [4.78, 5) is 0. The van der Waals surface area contributed by atoms with Crippen molar-refractivity contribution in [1.29, 1.82) is 0 Å². The van der Waals surface area contributed by atoms with Gasteiger partial charge in [-0.15, -0.1) is 12.3 Å². The Morgan fingerprint density at radius 2 is 2.28 bits per heavy atom. The summed E-state index contributed by atoms with van der Waals surface area (Å²) >= 11 is 3.55. The zero-order valence-corrected chi connectivity index (χ0v) is 12.4. The summed E-state index contributed by atoms with van der Waals surface area (Å²) in [6.45, 7) is 4.72. The monoisotopic (exact) mass is 309 g/mol. The lowest BCUT2D eigenvalue weighted by Gasteiger charge is -2.10. The van der Waals surface area contributed by atoms with Crippen molar-refractivity contribution in [2.45, 2.75) is 32.7 Å². The van der Waals surface area contributed by atoms with Crippen molar-refractivity contribution in [3.8, 4) is 18.1 Å². The Bertz CT molecular complexity index is 398. The maximum atomic E-state index is 5.67. The van der Waals surface area contributed by atoms with E-state index in [1.54, 1.807) is 0 Å². The van der Waals surface area contributed by atoms with Crippen LogP contribution in [0.4, 0.5) is 0 Å². The van der Waals surface area contributed by atoms with Crippen LogP contribution in [0.15, 0.2) is 22.7 Å². The molecule has 3 heteroatoms. The van der Waals surface area contributed by atoms with Crippen molar-refractivity contribution in [1.82, 2.24) is 5.32 Å². The largest absolute Gasteiger partial charge is 0.494 e. The van der Waals surface area contributed by atoms with Gasteiger partial charge in [0, 0.05) is 17.4 Å². The van der Waals surface area contributed by atoms with Gasteiger partial charge in [-0.25, -0.2) is 0 Å². The minimum atomic E-state index is 0.674. The van der Waals surface area contributed by atoms with E-state index in [-0.39, 0.29) is 0 Å². The SMILES string of the molecule is C#CCCCOc1ccc(Br)c(CNCCC)c1. The molecule has 0 atom stereocenters. The Morgan fingerprint density at radius 1 is 1.44 bits per heavy atom. The number of hydrogen-bond acceptors (Lipinski definition) is 2. The molecular weight excluding hydrogens is 290 g/mol. The van der Waals surface area contributed by atoms with Crippen molar-refractivity contribution in [3.63, 3.8) is 0 Å². The number of unbranched alkanes of at least 4 members (excludes halogenated alkanes) is 1. The van der Waals surface area contributed by atoms with E-state index in [2.05, 4.69) is 40.2 Å². The summed E-state index contributed by atoms with van der Waals surface area (Å²) in [5.74, 6) is 3.52. The number of nitrogens with one attached hydrogen (secondary N) is 1. The van der Waals surface area contributed by atoms with Gasteiger partial charge in [0.05, 0.1) is 6.61 Å². The third-order valence-corrected chi connectivity index (χ3v) is 3.27. The van der Waals surface area contributed by atoms with E-state index < -0.39 is 0 Å². The van der Waals surface area contributed by atoms with Crippen LogP contribution in [0.25, 0.3) is 0 Å². The number of benzene rings is 1. The van der Waals surface area contributed by atoms with Crippen LogP contribution in [-0.4, -0.2) is 13.2 Å². The number of hydrogen-bond donors (Lipinski definition) is 1. The van der Waals surface area contributed by atoms with Crippen LogP contribution in [0, 0.1) is 12.3 Å². The number of halogens is 1. The molecule has 0 bridgehead atoms. The van der Waals surface area contributed by atoms with Crippen LogP contribution >= 0.6 is 15.9 Å². The average Bonchev–Trinajstić information content (AvgIpc) is 2.38. The van der Waals surface area contributed by atoms with Gasteiger partial charge in [-0.3, -0.25) is 0 Å². The van der Waals surface area contributed by atoms with Gasteiger partial charge in [0.2, 0.25) is 0 Å². The van der Waals surface area contributed by atoms with E-state index in [0.29, 0.717) is 6.61 Å². The summed E-state index contributed by atoms with van der Waals surface area (Å²) in [6, 6.07) is 6.07. The van der Waals surface area contributed by atoms with Crippen LogP contribution in [-0.2, 0) is 6.54 Å². The van der Waals surface area contributed by atoms with E-state index in [1.807, 2.05) is 12.1 Å². The quantitative estimate of drug-likeness (QED) is 0.583. The van der Waals surface area contributed by atoms with E-state index in [1.165, 1.54) is 5.56 Å². The van der Waals surface area contributed by atoms with Crippen molar-refractivity contribution < 1.29 is 4.74 Å². The Morgan fingerprint density at radius 3 is 3.00 bits per heavy atom. The molecule has 0 aliphatic rings. The molecule has 0 saturated carbocycles. The van der Waals surface area contributed by atoms with Gasteiger partial charge in [-0.05, 0) is 43.1 Å². The fraction of sp³-hybridized carbons (Fsp3) is 0.467. The molecule has 1 N–H and O–H groups in total. The maximum Gasteiger partial charge on any atom is 0.119 e. The molecule has 0 unspecified atom stereocenters. The van der Waals surface area contributed by atoms with Crippen molar-refractivity contribution >= 4 is 15.9 Å². The Labute approximate surface area is 118 Å². The molecule has 0 aliphatic heterocycles. The topological polar surface area (TPSA) is 21.3 Å². The molecule has 2 nitrogen and oxygen atoms in total. The molecule has 0 fully saturated rings. The van der Waals surface area contributed by atoms with Gasteiger partial charge in [0.1, 0.15) is 5.75 Å². The zero-order chi connectivity index (χ0) is 13.2. The van der Waals surface area contributed by atoms with Crippen LogP contribution < -0.4 is 10.1 Å². The fourth-order valence-corrected chi connectivity index (χ4v) is 1.93. The standard InChI is InChI=1S/C15H20BrNO/c1-3-5-6-10-18-14-7-8-15(16)13(11-14)12-17-9-4-2/h1,7-8,11,17H,4-6,9-10,12H2,2H3. The van der Waals surface area contributed by atoms with Gasteiger partial charge < -0.3 is 10.1 Å². The normalized spacial score (nSPS) is 10.1. The van der Waals surface area contributed by atoms with E-state index in [0.717, 1.165) is 42.6 Å². The molecule has 98 valence electrons. The number of rotatable bonds is 8. The second-order valence-electron chi connectivity index (χ2n) is 4.09. The molecular formula is C15H20BrNO. The molecule has 0 heterocycles. The summed E-state index contributed by atoms with van der Waals surface area (Å²) in [5, 5.41) is 3.38. The highest BCUT2D eigenvalue weighted by Crippen LogP contribution is 2.22. The van der Waals surface area contributed by atoms with Crippen LogP contribution in [0.2, 0.25) is 0 Å². The predicted molar refractivity (Wildman–Crippen MR) is 79.7 cm³/mol. The zero-order valence-electron chi connectivity index (χ0n) is 10.8. The number of terminal acetylenes is 1. The summed E-state index contributed by atoms with van der Waals surface area (Å²) in [6.07, 6.45) is 8.00. The third kappa shape index (κ3) is 5.57. The lowest BCUT2D eigenvalue weighted by atomic mass is 10.2. The van der Waals surface area contributed by atoms with E-state index in [4.69, 9.17) is 11.2 Å². The predicted octanol–water partition coefficient (Wildman–Crippen LogP) is 3.74. The van der Waals surface area contributed by atoms with Crippen molar-refractivity contribution in [2.24, 2.45) is 0 Å². The Balaban J connectivity index is 2.49. The van der Waals surface area contributed by atoms with Gasteiger partial charge in [-0.1, -0.05) is 22.9 Å². The van der Waals surface area contributed by atoms with E-state index in [9.17, 15) is 0 Å². The Hall–Kier alpha value is -0.980. The molecule has 1 rings (SSSR count). The molecule has 1 aromatic carbocycles. The molecule has 0 saturated heterocycles. The average molecular weight is 310 g/mol. The third-order valence-electron chi connectivity index (χ3n) is 2.49. The first-order chi connectivity index (χ1) is 8.77. The second kappa shape index (κ2) is 9.02. The van der Waals surface area contributed by atoms with Crippen LogP contribution in [0.3, 0.4) is 0 Å². The Kier molecular flexibility index (Phi) is 7.55. The molecule has 0 aliphatic carbocycles. The van der Waals surface area contributed by atoms with Gasteiger partial charge >= 0.3 is 0 Å². The number of ether oxygens (including phenoxy) is 1. The smallest absolute Gasteiger partial charge is 0.119 e. The van der Waals surface area contributed by atoms with Crippen molar-refractivity contribution in [2.75, 3.05) is 13.2 Å². The molecule has 0 radical (unpaired) electrons. The first-order valence-corrected chi connectivity index (χ1v) is 7.12. The van der Waals surface area contributed by atoms with Gasteiger partial charge in [0.25, 0.3) is 0 Å². The highest BCUT2D eigenvalue weighted by molar-refractivity contribution is 9.10. The molecule has 0 spiro atoms. The van der Waals surface area contributed by atoms with Crippen LogP contribution in [0.5, 0.6) is 5.75 Å². The van der Waals surface area contributed by atoms with E-state index >= 15 is 0 Å². The molecule has 18 heavy (non-hydrogen) atoms. The first kappa shape index (κ1) is 15.1. The summed E-state index contributed by atoms with van der Waals surface area (Å²) < 4.78 is 6.78. The minimum Gasteiger partial charge on any atom is -0.494 e. The highest BCUT2D eigenvalue weighted by atomic mass is 79.9. The molecule has 0 amide bonds. The van der Waals surface area contributed by atoms with Crippen molar-refractivity contribution in [3.05, 3.63) is 28.2 Å².